The normalized spacial score (nSPS) is 9.30. The number of benzene rings is 7. The first kappa shape index (κ1) is 52.0. The molecule has 7 aromatic rings. The first-order valence-electron chi connectivity index (χ1n) is 20.8. The summed E-state index contributed by atoms with van der Waals surface area (Å²) in [6, 6.07) is 56.8. The van der Waals surface area contributed by atoms with Crippen molar-refractivity contribution in [3.05, 3.63) is 289 Å². The number of hydrogen-bond acceptors (Lipinski definition) is 0. The van der Waals surface area contributed by atoms with Crippen LogP contribution >= 0.6 is 0 Å². The maximum atomic E-state index is 6.36. The Hall–Kier alpha value is -5.98. The molecule has 0 unspecified atom stereocenters. The molecule has 0 N–H and O–H groups in total. The van der Waals surface area contributed by atoms with Gasteiger partial charge in [-0.05, 0) is 153 Å². The molecule has 0 saturated carbocycles. The molecule has 0 heterocycles. The quantitative estimate of drug-likeness (QED) is 0.167. The van der Waals surface area contributed by atoms with Gasteiger partial charge in [0.1, 0.15) is 0 Å². The fourth-order valence-corrected chi connectivity index (χ4v) is 5.09. The van der Waals surface area contributed by atoms with E-state index in [1.54, 1.807) is 0 Å². The van der Waals surface area contributed by atoms with Gasteiger partial charge in [0.2, 0.25) is 0 Å². The molecule has 7 rings (SSSR count). The predicted molar refractivity (Wildman–Crippen MR) is 268 cm³/mol. The van der Waals surface area contributed by atoms with Crippen molar-refractivity contribution in [2.75, 3.05) is 0 Å². The van der Waals surface area contributed by atoms with Crippen LogP contribution < -0.4 is 0 Å². The Morgan fingerprint density at radius 2 is 0.533 bits per heavy atom. The van der Waals surface area contributed by atoms with E-state index >= 15 is 0 Å². The van der Waals surface area contributed by atoms with Crippen molar-refractivity contribution >= 4 is 11.1 Å². The summed E-state index contributed by atoms with van der Waals surface area (Å²) in [6.45, 7) is 48.4. The molecular formula is C60H68. The fraction of sp³-hybridized carbons (Fsp3) is 0.167. The third-order valence-corrected chi connectivity index (χ3v) is 9.25. The molecule has 0 atom stereocenters. The molecule has 0 heteroatoms. The minimum atomic E-state index is 0.758. The molecular weight excluding hydrogens is 721 g/mol. The number of rotatable bonds is 4. The molecule has 0 aromatic heterocycles. The van der Waals surface area contributed by atoms with Gasteiger partial charge in [-0.2, -0.15) is 0 Å². The monoisotopic (exact) mass is 789 g/mol. The molecule has 0 amide bonds. The van der Waals surface area contributed by atoms with Crippen molar-refractivity contribution in [2.24, 2.45) is 0 Å². The highest BCUT2D eigenvalue weighted by atomic mass is 14.1. The Kier molecular flexibility index (Phi) is 25.4. The molecule has 0 nitrogen and oxygen atoms in total. The Balaban J connectivity index is 0.000000412. The molecule has 0 aliphatic rings. The molecule has 6 radical (unpaired) electrons. The van der Waals surface area contributed by atoms with Crippen molar-refractivity contribution in [3.63, 3.8) is 0 Å². The van der Waals surface area contributed by atoms with Crippen molar-refractivity contribution in [1.82, 2.24) is 0 Å². The molecule has 0 saturated heterocycles. The lowest BCUT2D eigenvalue weighted by Crippen LogP contribution is -1.91. The summed E-state index contributed by atoms with van der Waals surface area (Å²) in [6.07, 6.45) is 0. The summed E-state index contributed by atoms with van der Waals surface area (Å²) in [5.41, 5.74) is 17.5. The van der Waals surface area contributed by atoms with Gasteiger partial charge in [0, 0.05) is 0 Å². The van der Waals surface area contributed by atoms with E-state index in [1.807, 2.05) is 149 Å². The number of hydrogen-bond donors (Lipinski definition) is 0. The third-order valence-electron chi connectivity index (χ3n) is 9.25. The average Bonchev–Trinajstić information content (AvgIpc) is 3.27. The predicted octanol–water partition coefficient (Wildman–Crippen LogP) is 16.8. The average molecular weight is 789 g/mol. The molecule has 0 fully saturated rings. The minimum absolute atomic E-state index is 0.758. The largest absolute Gasteiger partial charge is 0.0683 e. The molecule has 7 aromatic carbocycles. The number of aryl methyl sites for hydroxylation is 6. The molecule has 0 aliphatic carbocycles. The minimum Gasteiger partial charge on any atom is -0.0683 e. The highest BCUT2D eigenvalue weighted by Crippen LogP contribution is 2.27. The van der Waals surface area contributed by atoms with Crippen LogP contribution in [0.15, 0.2) is 170 Å². The topological polar surface area (TPSA) is 0 Å². The summed E-state index contributed by atoms with van der Waals surface area (Å²) >= 11 is 0. The summed E-state index contributed by atoms with van der Waals surface area (Å²) in [5, 5.41) is 0. The Morgan fingerprint density at radius 3 is 0.733 bits per heavy atom. The second kappa shape index (κ2) is 29.3. The van der Waals surface area contributed by atoms with Crippen LogP contribution in [0.25, 0.3) is 11.1 Å². The van der Waals surface area contributed by atoms with Crippen LogP contribution in [0.5, 0.6) is 0 Å². The second-order valence-corrected chi connectivity index (χ2v) is 13.8. The molecule has 0 bridgehead atoms. The highest BCUT2D eigenvalue weighted by Gasteiger charge is 2.07. The third kappa shape index (κ3) is 19.2. The van der Waals surface area contributed by atoms with Gasteiger partial charge in [-0.25, -0.2) is 0 Å². The van der Waals surface area contributed by atoms with E-state index in [4.69, 9.17) is 13.2 Å². The molecule has 60 heavy (non-hydrogen) atoms. The van der Waals surface area contributed by atoms with E-state index in [2.05, 4.69) is 118 Å². The summed E-state index contributed by atoms with van der Waals surface area (Å²) < 4.78 is 0. The van der Waals surface area contributed by atoms with Gasteiger partial charge in [0.25, 0.3) is 0 Å². The molecule has 308 valence electrons. The highest BCUT2D eigenvalue weighted by molar-refractivity contribution is 5.82. The smallest absolute Gasteiger partial charge is 0.0111 e. The zero-order valence-electron chi connectivity index (χ0n) is 38.1. The first-order valence-corrected chi connectivity index (χ1v) is 20.8. The molecule has 0 aliphatic heterocycles. The van der Waals surface area contributed by atoms with Crippen LogP contribution in [0.1, 0.15) is 106 Å². The summed E-state index contributed by atoms with van der Waals surface area (Å²) in [5.74, 6) is 0. The van der Waals surface area contributed by atoms with Gasteiger partial charge in [-0.15, -0.1) is 0 Å². The van der Waals surface area contributed by atoms with E-state index in [-0.39, 0.29) is 0 Å². The van der Waals surface area contributed by atoms with Crippen LogP contribution in [-0.2, 0) is 0 Å². The Bertz CT molecular complexity index is 1930. The van der Waals surface area contributed by atoms with E-state index < -0.39 is 0 Å². The van der Waals surface area contributed by atoms with Crippen molar-refractivity contribution < 1.29 is 0 Å². The zero-order valence-corrected chi connectivity index (χ0v) is 38.1. The summed E-state index contributed by atoms with van der Waals surface area (Å²) in [7, 11) is 0. The second-order valence-electron chi connectivity index (χ2n) is 13.8. The maximum absolute atomic E-state index is 6.36. The first-order chi connectivity index (χ1) is 28.8. The Morgan fingerprint density at radius 1 is 0.300 bits per heavy atom. The fourth-order valence-electron chi connectivity index (χ4n) is 5.09. The van der Waals surface area contributed by atoms with Gasteiger partial charge in [-0.3, -0.25) is 0 Å². The van der Waals surface area contributed by atoms with Crippen LogP contribution in [0.3, 0.4) is 0 Å². The van der Waals surface area contributed by atoms with Crippen LogP contribution in [0.2, 0.25) is 0 Å². The van der Waals surface area contributed by atoms with Crippen LogP contribution in [0, 0.1) is 82.4 Å². The van der Waals surface area contributed by atoms with E-state index in [0.717, 1.165) is 55.7 Å². The lowest BCUT2D eigenvalue weighted by molar-refractivity contribution is 1.42. The van der Waals surface area contributed by atoms with Crippen molar-refractivity contribution in [1.29, 1.82) is 0 Å². The van der Waals surface area contributed by atoms with Gasteiger partial charge < -0.3 is 0 Å². The standard InChI is InChI=1S/C24H20.4C8H9.2C2H6/c1-17-8-12-21(13-9-17)19(3)23-6-5-7-24(16-23)20(4)22-14-10-18(2)11-15-22;4*1-7-5-3-4-6-8(7)2;2*1-2/h3-16H,1-2H3;4*3-6H,1H2,2H3;2*1-2H3. The van der Waals surface area contributed by atoms with Gasteiger partial charge in [0.05, 0.1) is 0 Å². The van der Waals surface area contributed by atoms with Gasteiger partial charge in [-0.1, -0.05) is 216 Å². The van der Waals surface area contributed by atoms with Crippen molar-refractivity contribution in [2.45, 2.75) is 69.2 Å². The van der Waals surface area contributed by atoms with E-state index in [0.29, 0.717) is 0 Å². The van der Waals surface area contributed by atoms with Crippen LogP contribution in [0.4, 0.5) is 0 Å². The van der Waals surface area contributed by atoms with Gasteiger partial charge in [0.15, 0.2) is 0 Å². The Labute approximate surface area is 367 Å². The zero-order chi connectivity index (χ0) is 45.0. The van der Waals surface area contributed by atoms with Gasteiger partial charge >= 0.3 is 0 Å². The molecule has 0 spiro atoms. The van der Waals surface area contributed by atoms with Crippen molar-refractivity contribution in [3.8, 4) is 0 Å². The maximum Gasteiger partial charge on any atom is -0.0111 e. The lowest BCUT2D eigenvalue weighted by atomic mass is 9.93. The van der Waals surface area contributed by atoms with Crippen LogP contribution in [-0.4, -0.2) is 0 Å². The van der Waals surface area contributed by atoms with E-state index in [1.165, 1.54) is 33.4 Å². The van der Waals surface area contributed by atoms with E-state index in [9.17, 15) is 0 Å². The SMILES string of the molecule is CC.CC.[CH2]c1ccccc1C.[CH2]c1ccccc1C.[CH2]c1ccccc1C.[CH2]c1ccccc1C.[CH]=C(c1ccc(C)cc1)c1cccc(C(=[CH])c2ccc(C)cc2)c1. The lowest BCUT2D eigenvalue weighted by Gasteiger charge is -2.11. The summed E-state index contributed by atoms with van der Waals surface area (Å²) in [4.78, 5) is 0.